The van der Waals surface area contributed by atoms with E-state index in [1.54, 1.807) is 6.07 Å². The zero-order valence-corrected chi connectivity index (χ0v) is 15.8. The maximum atomic E-state index is 13.0. The van der Waals surface area contributed by atoms with Crippen LogP contribution < -0.4 is 0 Å². The van der Waals surface area contributed by atoms with E-state index in [0.717, 1.165) is 18.4 Å². The fourth-order valence-corrected chi connectivity index (χ4v) is 4.29. The van der Waals surface area contributed by atoms with E-state index in [-0.39, 0.29) is 11.4 Å². The zero-order valence-electron chi connectivity index (χ0n) is 15.8. The Kier molecular flexibility index (Phi) is 6.61. The van der Waals surface area contributed by atoms with Crippen molar-refractivity contribution in [2.75, 3.05) is 0 Å². The number of fused-ring (bicyclic) bond motifs is 1. The predicted molar refractivity (Wildman–Crippen MR) is 107 cm³/mol. The molecule has 0 saturated heterocycles. The molecule has 0 amide bonds. The standard InChI is InChI=1S/C24H26N2O/c25-16-19(17-26)23-20-13-9-10-14-21(20)24(27)22(23)15-18-11-7-5-3-1-2-4-6-8-12-18/h9-10,13-15,18H,1-8,11-12H2/b22-15-. The van der Waals surface area contributed by atoms with Crippen molar-refractivity contribution in [2.24, 2.45) is 5.92 Å². The first-order valence-electron chi connectivity index (χ1n) is 10.2. The number of Topliss-reactive ketones (excluding diaryl/α,β-unsaturated/α-hetero) is 1. The molecular weight excluding hydrogens is 332 g/mol. The van der Waals surface area contributed by atoms with E-state index in [9.17, 15) is 15.3 Å². The van der Waals surface area contributed by atoms with Crippen LogP contribution in [0.2, 0.25) is 0 Å². The van der Waals surface area contributed by atoms with Gasteiger partial charge in [0.15, 0.2) is 5.78 Å². The molecule has 27 heavy (non-hydrogen) atoms. The molecule has 0 radical (unpaired) electrons. The van der Waals surface area contributed by atoms with E-state index in [1.165, 1.54) is 51.4 Å². The second-order valence-electron chi connectivity index (χ2n) is 7.59. The topological polar surface area (TPSA) is 64.7 Å². The summed E-state index contributed by atoms with van der Waals surface area (Å²) in [6.45, 7) is 0. The van der Waals surface area contributed by atoms with Gasteiger partial charge in [-0.15, -0.1) is 0 Å². The third-order valence-electron chi connectivity index (χ3n) is 5.73. The molecular formula is C24H26N2O. The van der Waals surface area contributed by atoms with Gasteiger partial charge in [0.05, 0.1) is 0 Å². The Bertz CT molecular complexity index is 820. The molecule has 138 valence electrons. The van der Waals surface area contributed by atoms with Gasteiger partial charge < -0.3 is 0 Å². The average Bonchev–Trinajstić information content (AvgIpc) is 2.93. The van der Waals surface area contributed by atoms with E-state index in [2.05, 4.69) is 6.08 Å². The molecule has 0 aromatic heterocycles. The minimum atomic E-state index is -0.0436. The highest BCUT2D eigenvalue weighted by molar-refractivity contribution is 6.27. The van der Waals surface area contributed by atoms with Crippen LogP contribution >= 0.6 is 0 Å². The van der Waals surface area contributed by atoms with Crippen molar-refractivity contribution in [2.45, 2.75) is 64.2 Å². The molecule has 0 atom stereocenters. The molecule has 0 heterocycles. The summed E-state index contributed by atoms with van der Waals surface area (Å²) < 4.78 is 0. The quantitative estimate of drug-likeness (QED) is 0.447. The minimum Gasteiger partial charge on any atom is -0.289 e. The summed E-state index contributed by atoms with van der Waals surface area (Å²) >= 11 is 0. The Balaban J connectivity index is 1.97. The molecule has 0 aliphatic heterocycles. The second-order valence-corrected chi connectivity index (χ2v) is 7.59. The van der Waals surface area contributed by atoms with E-state index in [4.69, 9.17) is 0 Å². The lowest BCUT2D eigenvalue weighted by atomic mass is 9.90. The van der Waals surface area contributed by atoms with Gasteiger partial charge in [0.25, 0.3) is 0 Å². The minimum absolute atomic E-state index is 0.0382. The van der Waals surface area contributed by atoms with Crippen molar-refractivity contribution in [3.8, 4) is 12.1 Å². The molecule has 0 unspecified atom stereocenters. The fraction of sp³-hybridized carbons (Fsp3) is 0.458. The molecule has 2 aliphatic rings. The van der Waals surface area contributed by atoms with Gasteiger partial charge in [-0.1, -0.05) is 81.7 Å². The molecule has 1 aromatic rings. The third-order valence-corrected chi connectivity index (χ3v) is 5.73. The van der Waals surface area contributed by atoms with E-state index >= 15 is 0 Å². The van der Waals surface area contributed by atoms with E-state index < -0.39 is 0 Å². The lowest BCUT2D eigenvalue weighted by Gasteiger charge is -2.14. The van der Waals surface area contributed by atoms with Gasteiger partial charge in [-0.2, -0.15) is 10.5 Å². The molecule has 3 rings (SSSR count). The molecule has 1 aromatic carbocycles. The first-order chi connectivity index (χ1) is 13.3. The fourth-order valence-electron chi connectivity index (χ4n) is 4.29. The molecule has 2 aliphatic carbocycles. The number of hydrogen-bond acceptors (Lipinski definition) is 3. The largest absolute Gasteiger partial charge is 0.289 e. The van der Waals surface area contributed by atoms with Gasteiger partial charge in [0.1, 0.15) is 17.7 Å². The SMILES string of the molecule is N#CC(C#N)=C1/C(=C/C2CCCCCCCCCC2)C(=O)c2ccccc21. The lowest BCUT2D eigenvalue weighted by Crippen LogP contribution is -2.03. The Morgan fingerprint density at radius 3 is 1.93 bits per heavy atom. The summed E-state index contributed by atoms with van der Waals surface area (Å²) in [6, 6.07) is 11.3. The smallest absolute Gasteiger partial charge is 0.194 e. The number of nitrogens with zero attached hydrogens (tertiary/aromatic N) is 2. The molecule has 1 saturated carbocycles. The van der Waals surface area contributed by atoms with Crippen LogP contribution in [0.3, 0.4) is 0 Å². The van der Waals surface area contributed by atoms with Gasteiger partial charge in [-0.3, -0.25) is 4.79 Å². The molecule has 3 nitrogen and oxygen atoms in total. The maximum Gasteiger partial charge on any atom is 0.194 e. The number of ketones is 1. The summed E-state index contributed by atoms with van der Waals surface area (Å²) in [5.74, 6) is 0.294. The molecule has 3 heteroatoms. The summed E-state index contributed by atoms with van der Waals surface area (Å²) in [5, 5.41) is 18.9. The average molecular weight is 358 g/mol. The second kappa shape index (κ2) is 9.33. The van der Waals surface area contributed by atoms with Crippen LogP contribution in [0, 0.1) is 28.6 Å². The Morgan fingerprint density at radius 2 is 1.37 bits per heavy atom. The van der Waals surface area contributed by atoms with Crippen LogP contribution in [0.15, 0.2) is 41.5 Å². The molecule has 0 spiro atoms. The van der Waals surface area contributed by atoms with Crippen LogP contribution in [0.5, 0.6) is 0 Å². The van der Waals surface area contributed by atoms with Crippen molar-refractivity contribution in [1.82, 2.24) is 0 Å². The van der Waals surface area contributed by atoms with Crippen molar-refractivity contribution < 1.29 is 4.79 Å². The van der Waals surface area contributed by atoms with Crippen LogP contribution in [-0.2, 0) is 0 Å². The first kappa shape index (κ1) is 19.1. The van der Waals surface area contributed by atoms with E-state index in [0.29, 0.717) is 22.6 Å². The van der Waals surface area contributed by atoms with Crippen LogP contribution in [0.1, 0.15) is 80.1 Å². The number of carbonyl (C=O) groups excluding carboxylic acids is 1. The predicted octanol–water partition coefficient (Wildman–Crippen LogP) is 6.14. The highest BCUT2D eigenvalue weighted by Gasteiger charge is 2.32. The van der Waals surface area contributed by atoms with Gasteiger partial charge >= 0.3 is 0 Å². The Morgan fingerprint density at radius 1 is 0.852 bits per heavy atom. The highest BCUT2D eigenvalue weighted by Crippen LogP contribution is 2.40. The number of hydrogen-bond donors (Lipinski definition) is 0. The van der Waals surface area contributed by atoms with Gasteiger partial charge in [-0.25, -0.2) is 0 Å². The highest BCUT2D eigenvalue weighted by atomic mass is 16.1. The van der Waals surface area contributed by atoms with Crippen LogP contribution in [0.25, 0.3) is 5.57 Å². The van der Waals surface area contributed by atoms with Crippen LogP contribution in [-0.4, -0.2) is 5.78 Å². The van der Waals surface area contributed by atoms with Crippen molar-refractivity contribution in [1.29, 1.82) is 10.5 Å². The summed E-state index contributed by atoms with van der Waals surface area (Å²) in [4.78, 5) is 13.0. The number of nitriles is 2. The number of benzene rings is 1. The number of allylic oxidation sites excluding steroid dienone is 4. The molecule has 0 bridgehead atoms. The Hall–Kier alpha value is -2.65. The Labute approximate surface area is 162 Å². The normalized spacial score (nSPS) is 20.4. The summed E-state index contributed by atoms with van der Waals surface area (Å²) in [6.07, 6.45) is 14.3. The lowest BCUT2D eigenvalue weighted by molar-refractivity contribution is 0.104. The van der Waals surface area contributed by atoms with Crippen molar-refractivity contribution in [3.63, 3.8) is 0 Å². The van der Waals surface area contributed by atoms with Gasteiger partial charge in [-0.05, 0) is 24.3 Å². The van der Waals surface area contributed by atoms with Crippen molar-refractivity contribution >= 4 is 11.4 Å². The number of carbonyl (C=O) groups is 1. The van der Waals surface area contributed by atoms with E-state index in [1.807, 2.05) is 30.3 Å². The van der Waals surface area contributed by atoms with Gasteiger partial charge in [0, 0.05) is 16.7 Å². The monoisotopic (exact) mass is 358 g/mol. The van der Waals surface area contributed by atoms with Crippen LogP contribution in [0.4, 0.5) is 0 Å². The molecule has 0 N–H and O–H groups in total. The maximum absolute atomic E-state index is 13.0. The zero-order chi connectivity index (χ0) is 19.1. The number of rotatable bonds is 1. The first-order valence-corrected chi connectivity index (χ1v) is 10.2. The summed E-state index contributed by atoms with van der Waals surface area (Å²) in [7, 11) is 0. The van der Waals surface area contributed by atoms with Crippen molar-refractivity contribution in [3.05, 3.63) is 52.6 Å². The van der Waals surface area contributed by atoms with Gasteiger partial charge in [0.2, 0.25) is 0 Å². The third kappa shape index (κ3) is 4.37. The summed E-state index contributed by atoms with van der Waals surface area (Å²) in [5.41, 5.74) is 2.47. The molecule has 1 fully saturated rings.